The molecule has 0 aliphatic carbocycles. The number of anilines is 2. The number of sulfonamides is 1. The number of nitrogens with zero attached hydrogens (tertiary/aromatic N) is 2. The molecule has 0 saturated heterocycles. The number of nitrogens with one attached hydrogen (secondary N) is 2. The van der Waals surface area contributed by atoms with Crippen molar-refractivity contribution in [2.75, 3.05) is 23.9 Å². The van der Waals surface area contributed by atoms with Crippen molar-refractivity contribution in [3.8, 4) is 11.5 Å². The lowest BCUT2D eigenvalue weighted by Crippen LogP contribution is -2.16. The van der Waals surface area contributed by atoms with Gasteiger partial charge in [-0.2, -0.15) is 5.10 Å². The fourth-order valence-corrected chi connectivity index (χ4v) is 4.59. The lowest BCUT2D eigenvalue weighted by molar-refractivity contribution is -0.385. The molecule has 0 aliphatic heterocycles. The summed E-state index contributed by atoms with van der Waals surface area (Å²) in [5.41, 5.74) is 5.12. The zero-order valence-corrected chi connectivity index (χ0v) is 20.5. The molecule has 3 rings (SSSR count). The summed E-state index contributed by atoms with van der Waals surface area (Å²) in [5, 5.41) is 15.4. The zero-order chi connectivity index (χ0) is 25.6. The van der Waals surface area contributed by atoms with Crippen LogP contribution in [0.2, 0.25) is 0 Å². The van der Waals surface area contributed by atoms with Gasteiger partial charge in [-0.25, -0.2) is 8.42 Å². The van der Waals surface area contributed by atoms with Crippen molar-refractivity contribution in [3.63, 3.8) is 0 Å². The van der Waals surface area contributed by atoms with E-state index >= 15 is 0 Å². The minimum absolute atomic E-state index is 0.0713. The van der Waals surface area contributed by atoms with Gasteiger partial charge < -0.3 is 9.47 Å². The first kappa shape index (κ1) is 25.5. The van der Waals surface area contributed by atoms with E-state index in [1.165, 1.54) is 25.5 Å². The number of non-ortho nitro benzene ring substituents is 1. The Morgan fingerprint density at radius 1 is 1.03 bits per heavy atom. The van der Waals surface area contributed by atoms with Crippen molar-refractivity contribution < 1.29 is 22.8 Å². The molecule has 3 aromatic carbocycles. The third-order valence-electron chi connectivity index (χ3n) is 4.98. The predicted octanol–water partition coefficient (Wildman–Crippen LogP) is 4.87. The Bertz CT molecular complexity index is 1370. The molecular weight excluding hydrogens is 472 g/mol. The highest BCUT2D eigenvalue weighted by Crippen LogP contribution is 2.30. The van der Waals surface area contributed by atoms with Gasteiger partial charge in [0, 0.05) is 12.1 Å². The summed E-state index contributed by atoms with van der Waals surface area (Å²) in [6.07, 6.45) is 1.47. The lowest BCUT2D eigenvalue weighted by atomic mass is 10.1. The molecule has 0 unspecified atom stereocenters. The summed E-state index contributed by atoms with van der Waals surface area (Å²) < 4.78 is 39.7. The Hall–Kier alpha value is -4.12. The molecule has 2 N–H and O–H groups in total. The van der Waals surface area contributed by atoms with Crippen LogP contribution in [0.25, 0.3) is 0 Å². The number of hydrazone groups is 1. The molecule has 0 saturated carbocycles. The average molecular weight is 499 g/mol. The van der Waals surface area contributed by atoms with Gasteiger partial charge in [0.25, 0.3) is 15.7 Å². The molecule has 3 aromatic rings. The second-order valence-electron chi connectivity index (χ2n) is 7.57. The molecular formula is C24H26N4O6S. The molecule has 0 aliphatic rings. The van der Waals surface area contributed by atoms with Gasteiger partial charge >= 0.3 is 0 Å². The summed E-state index contributed by atoms with van der Waals surface area (Å²) in [5.74, 6) is 1.11. The summed E-state index contributed by atoms with van der Waals surface area (Å²) in [4.78, 5) is 10.3. The van der Waals surface area contributed by atoms with Crippen LogP contribution >= 0.6 is 0 Å². The zero-order valence-electron chi connectivity index (χ0n) is 19.7. The molecule has 0 atom stereocenters. The van der Waals surface area contributed by atoms with Gasteiger partial charge in [0.15, 0.2) is 11.5 Å². The molecule has 10 nitrogen and oxygen atoms in total. The van der Waals surface area contributed by atoms with E-state index in [1.807, 2.05) is 19.9 Å². The van der Waals surface area contributed by atoms with Crippen molar-refractivity contribution in [2.45, 2.75) is 25.7 Å². The van der Waals surface area contributed by atoms with Crippen molar-refractivity contribution in [1.82, 2.24) is 0 Å². The second kappa shape index (κ2) is 10.9. The first-order valence-corrected chi connectivity index (χ1v) is 12.1. The highest BCUT2D eigenvalue weighted by molar-refractivity contribution is 7.92. The van der Waals surface area contributed by atoms with Crippen LogP contribution in [0.15, 0.2) is 64.6 Å². The van der Waals surface area contributed by atoms with E-state index in [9.17, 15) is 18.5 Å². The van der Waals surface area contributed by atoms with Crippen LogP contribution in [-0.2, 0) is 10.0 Å². The quantitative estimate of drug-likeness (QED) is 0.232. The predicted molar refractivity (Wildman–Crippen MR) is 135 cm³/mol. The molecule has 11 heteroatoms. The Morgan fingerprint density at radius 2 is 1.77 bits per heavy atom. The Balaban J connectivity index is 1.92. The second-order valence-corrected chi connectivity index (χ2v) is 9.23. The highest BCUT2D eigenvalue weighted by atomic mass is 32.2. The van der Waals surface area contributed by atoms with Crippen LogP contribution in [-0.4, -0.2) is 33.3 Å². The minimum atomic E-state index is -4.18. The van der Waals surface area contributed by atoms with Crippen LogP contribution in [0, 0.1) is 24.0 Å². The maximum Gasteiger partial charge on any atom is 0.270 e. The Morgan fingerprint density at radius 3 is 2.43 bits per heavy atom. The van der Waals surface area contributed by atoms with Gasteiger partial charge in [-0.15, -0.1) is 0 Å². The van der Waals surface area contributed by atoms with E-state index in [2.05, 4.69) is 15.2 Å². The summed E-state index contributed by atoms with van der Waals surface area (Å²) in [6.45, 7) is 6.02. The first-order chi connectivity index (χ1) is 16.6. The van der Waals surface area contributed by atoms with Crippen molar-refractivity contribution >= 4 is 33.3 Å². The number of hydrogen-bond donors (Lipinski definition) is 2. The van der Waals surface area contributed by atoms with Crippen LogP contribution in [0.4, 0.5) is 17.1 Å². The smallest absolute Gasteiger partial charge is 0.270 e. The van der Waals surface area contributed by atoms with Gasteiger partial charge in [0.1, 0.15) is 4.90 Å². The average Bonchev–Trinajstić information content (AvgIpc) is 2.82. The summed E-state index contributed by atoms with van der Waals surface area (Å²) >= 11 is 0. The van der Waals surface area contributed by atoms with E-state index < -0.39 is 14.9 Å². The number of methoxy groups -OCH3 is 1. The van der Waals surface area contributed by atoms with E-state index in [-0.39, 0.29) is 16.3 Å². The number of nitro groups is 1. The van der Waals surface area contributed by atoms with Gasteiger partial charge in [-0.1, -0.05) is 17.7 Å². The van der Waals surface area contributed by atoms with Crippen LogP contribution in [0.1, 0.15) is 23.6 Å². The van der Waals surface area contributed by atoms with E-state index in [1.54, 1.807) is 37.3 Å². The number of aryl methyl sites for hydroxylation is 2. The van der Waals surface area contributed by atoms with Crippen LogP contribution in [0.5, 0.6) is 11.5 Å². The van der Waals surface area contributed by atoms with Crippen LogP contribution < -0.4 is 19.6 Å². The van der Waals surface area contributed by atoms with Crippen molar-refractivity contribution in [2.24, 2.45) is 5.10 Å². The normalized spacial score (nSPS) is 11.3. The SMILES string of the molecule is CCOc1ccc(C=NNc2ccc([N+](=O)[O-])cc2S(=O)(=O)Nc2ccc(C)cc2C)cc1OC. The van der Waals surface area contributed by atoms with Gasteiger partial charge in [0.2, 0.25) is 0 Å². The molecule has 0 spiro atoms. The highest BCUT2D eigenvalue weighted by Gasteiger charge is 2.23. The van der Waals surface area contributed by atoms with Gasteiger partial charge in [0.05, 0.1) is 36.2 Å². The van der Waals surface area contributed by atoms with Crippen molar-refractivity contribution in [3.05, 3.63) is 81.4 Å². The van der Waals surface area contributed by atoms with E-state index in [0.717, 1.165) is 17.2 Å². The summed E-state index contributed by atoms with van der Waals surface area (Å²) in [7, 11) is -2.66. The maximum absolute atomic E-state index is 13.2. The number of rotatable bonds is 10. The van der Waals surface area contributed by atoms with Crippen molar-refractivity contribution in [1.29, 1.82) is 0 Å². The molecule has 0 heterocycles. The standard InChI is InChI=1S/C24H26N4O6S/c1-5-34-22-11-7-18(13-23(22)33-4)15-25-26-21-10-8-19(28(29)30)14-24(21)35(31,32)27-20-9-6-16(2)12-17(20)3/h6-15,26-27H,5H2,1-4H3. The Labute approximate surface area is 203 Å². The van der Waals surface area contributed by atoms with E-state index in [4.69, 9.17) is 9.47 Å². The van der Waals surface area contributed by atoms with Gasteiger partial charge in [-0.3, -0.25) is 20.3 Å². The minimum Gasteiger partial charge on any atom is -0.493 e. The molecule has 0 aromatic heterocycles. The summed E-state index contributed by atoms with van der Waals surface area (Å²) in [6, 6.07) is 13.9. The van der Waals surface area contributed by atoms with Gasteiger partial charge in [-0.05, 0) is 62.2 Å². The molecule has 184 valence electrons. The number of hydrogen-bond acceptors (Lipinski definition) is 8. The van der Waals surface area contributed by atoms with Crippen LogP contribution in [0.3, 0.4) is 0 Å². The van der Waals surface area contributed by atoms with E-state index in [0.29, 0.717) is 29.4 Å². The third kappa shape index (κ3) is 6.27. The first-order valence-electron chi connectivity index (χ1n) is 10.6. The fourth-order valence-electron chi connectivity index (χ4n) is 3.28. The monoisotopic (exact) mass is 498 g/mol. The molecule has 0 fully saturated rings. The molecule has 0 radical (unpaired) electrons. The molecule has 0 bridgehead atoms. The number of nitro benzene ring substituents is 1. The molecule has 0 amide bonds. The fraction of sp³-hybridized carbons (Fsp3) is 0.208. The third-order valence-corrected chi connectivity index (χ3v) is 6.38. The number of benzene rings is 3. The topological polar surface area (TPSA) is 132 Å². The maximum atomic E-state index is 13.2. The lowest BCUT2D eigenvalue weighted by Gasteiger charge is -2.14. The largest absolute Gasteiger partial charge is 0.493 e. The molecule has 35 heavy (non-hydrogen) atoms. The Kier molecular flexibility index (Phi) is 7.92. The number of ether oxygens (including phenoxy) is 2.